The molecule has 3 rings (SSSR count). The zero-order valence-corrected chi connectivity index (χ0v) is 18.2. The molecule has 4 N–H and O–H groups in total. The predicted octanol–water partition coefficient (Wildman–Crippen LogP) is 0.169. The Balaban J connectivity index is 1.64. The van der Waals surface area contributed by atoms with Gasteiger partial charge in [0.1, 0.15) is 28.4 Å². The molecule has 1 unspecified atom stereocenters. The Hall–Kier alpha value is -2.12. The second-order valence-corrected chi connectivity index (χ2v) is 10.3. The van der Waals surface area contributed by atoms with Gasteiger partial charge in [0.05, 0.1) is 17.5 Å². The van der Waals surface area contributed by atoms with E-state index in [0.717, 1.165) is 16.5 Å². The van der Waals surface area contributed by atoms with Crippen LogP contribution in [0.1, 0.15) is 18.9 Å². The number of nitrogens with one attached hydrogen (secondary N) is 2. The van der Waals surface area contributed by atoms with E-state index in [1.807, 2.05) is 11.8 Å². The Morgan fingerprint density at radius 3 is 2.87 bits per heavy atom. The number of rotatable bonds is 9. The first-order valence-electron chi connectivity index (χ1n) is 9.89. The molecular weight excluding hydrogens is 435 g/mol. The number of nitrogens with zero attached hydrogens (tertiary/aromatic N) is 4. The van der Waals surface area contributed by atoms with Crippen LogP contribution in [0.2, 0.25) is 0 Å². The van der Waals surface area contributed by atoms with Crippen molar-refractivity contribution in [2.75, 3.05) is 31.6 Å². The Bertz CT molecular complexity index is 950. The SMILES string of the molecule is CC1=C(NC[C@@H]2C[C@H](F)CN2CCS(C)(=O)=O)NC(N)(c2cnn(CC(F)F)c2)N=C1. The summed E-state index contributed by atoms with van der Waals surface area (Å²) in [5.41, 5.74) is 7.52. The fourth-order valence-electron chi connectivity index (χ4n) is 3.63. The number of hydrogen-bond acceptors (Lipinski definition) is 8. The van der Waals surface area contributed by atoms with Crippen LogP contribution in [-0.2, 0) is 22.2 Å². The summed E-state index contributed by atoms with van der Waals surface area (Å²) in [7, 11) is -3.14. The summed E-state index contributed by atoms with van der Waals surface area (Å²) in [5, 5.41) is 10.2. The largest absolute Gasteiger partial charge is 0.370 e. The van der Waals surface area contributed by atoms with Crippen LogP contribution in [0.5, 0.6) is 0 Å². The average molecular weight is 464 g/mol. The lowest BCUT2D eigenvalue weighted by Gasteiger charge is -2.33. The van der Waals surface area contributed by atoms with E-state index in [0.29, 0.717) is 24.4 Å². The lowest BCUT2D eigenvalue weighted by atomic mass is 10.1. The van der Waals surface area contributed by atoms with Crippen molar-refractivity contribution in [3.05, 3.63) is 29.4 Å². The molecule has 0 bridgehead atoms. The summed E-state index contributed by atoms with van der Waals surface area (Å²) in [5.74, 6) is -0.849. The molecule has 0 spiro atoms. The summed E-state index contributed by atoms with van der Waals surface area (Å²) in [6, 6.07) is -0.182. The molecule has 2 aliphatic heterocycles. The molecule has 0 saturated carbocycles. The van der Waals surface area contributed by atoms with Crippen molar-refractivity contribution in [1.82, 2.24) is 25.3 Å². The monoisotopic (exact) mass is 463 g/mol. The Morgan fingerprint density at radius 1 is 1.45 bits per heavy atom. The lowest BCUT2D eigenvalue weighted by molar-refractivity contribution is 0.121. The molecule has 2 aliphatic rings. The van der Waals surface area contributed by atoms with Gasteiger partial charge < -0.3 is 10.6 Å². The average Bonchev–Trinajstić information content (AvgIpc) is 3.26. The van der Waals surface area contributed by atoms with Crippen molar-refractivity contribution in [3.63, 3.8) is 0 Å². The van der Waals surface area contributed by atoms with Gasteiger partial charge in [0.2, 0.25) is 5.79 Å². The molecule has 3 heterocycles. The molecule has 1 saturated heterocycles. The third kappa shape index (κ3) is 6.20. The van der Waals surface area contributed by atoms with E-state index in [9.17, 15) is 21.6 Å². The van der Waals surface area contributed by atoms with Crippen LogP contribution >= 0.6 is 0 Å². The van der Waals surface area contributed by atoms with Crippen molar-refractivity contribution in [2.24, 2.45) is 10.7 Å². The van der Waals surface area contributed by atoms with Gasteiger partial charge >= 0.3 is 0 Å². The smallest absolute Gasteiger partial charge is 0.257 e. The fraction of sp³-hybridized carbons (Fsp3) is 0.667. The quantitative estimate of drug-likeness (QED) is 0.478. The van der Waals surface area contributed by atoms with Crippen LogP contribution in [0.15, 0.2) is 28.8 Å². The summed E-state index contributed by atoms with van der Waals surface area (Å²) < 4.78 is 63.2. The maximum Gasteiger partial charge on any atom is 0.257 e. The first-order valence-corrected chi connectivity index (χ1v) is 12.0. The zero-order chi connectivity index (χ0) is 22.8. The van der Waals surface area contributed by atoms with Crippen molar-refractivity contribution in [3.8, 4) is 0 Å². The van der Waals surface area contributed by atoms with E-state index in [4.69, 9.17) is 5.73 Å². The Morgan fingerprint density at radius 2 is 2.19 bits per heavy atom. The molecule has 1 aromatic heterocycles. The number of halogens is 3. The van der Waals surface area contributed by atoms with E-state index in [1.54, 1.807) is 6.21 Å². The van der Waals surface area contributed by atoms with Crippen LogP contribution in [0.25, 0.3) is 0 Å². The van der Waals surface area contributed by atoms with Gasteiger partial charge in [-0.25, -0.2) is 26.6 Å². The molecule has 0 amide bonds. The van der Waals surface area contributed by atoms with Crippen LogP contribution in [0.4, 0.5) is 13.2 Å². The molecule has 13 heteroatoms. The third-order valence-electron chi connectivity index (χ3n) is 5.31. The molecule has 174 valence electrons. The highest BCUT2D eigenvalue weighted by Gasteiger charge is 2.34. The van der Waals surface area contributed by atoms with Crippen molar-refractivity contribution < 1.29 is 21.6 Å². The second kappa shape index (κ2) is 9.17. The number of allylic oxidation sites excluding steroid dienone is 1. The number of aromatic nitrogens is 2. The van der Waals surface area contributed by atoms with E-state index in [-0.39, 0.29) is 24.9 Å². The highest BCUT2D eigenvalue weighted by molar-refractivity contribution is 7.90. The van der Waals surface area contributed by atoms with Crippen molar-refractivity contribution >= 4 is 16.1 Å². The standard InChI is InChI=1S/C18H28F3N7O2S/c1-12-6-24-18(22,13-7-25-28(9-13)11-16(20)21)26-17(12)23-8-15-5-14(19)10-27(15)3-4-31(2,29)30/h6-7,9,14-16,23,26H,3-5,8,10-11,22H2,1-2H3/t14-,15-,18?/m0/s1. The van der Waals surface area contributed by atoms with Crippen LogP contribution in [-0.4, -0.2) is 79.6 Å². The molecule has 0 radical (unpaired) electrons. The maximum atomic E-state index is 14.0. The van der Waals surface area contributed by atoms with E-state index in [1.165, 1.54) is 12.4 Å². The minimum atomic E-state index is -3.14. The number of alkyl halides is 3. The van der Waals surface area contributed by atoms with Crippen molar-refractivity contribution in [1.29, 1.82) is 0 Å². The van der Waals surface area contributed by atoms with Crippen molar-refractivity contribution in [2.45, 2.75) is 44.3 Å². The Kier molecular flexibility index (Phi) is 6.96. The first-order chi connectivity index (χ1) is 14.4. The number of nitrogens with two attached hydrogens (primary N) is 1. The molecule has 9 nitrogen and oxygen atoms in total. The predicted molar refractivity (Wildman–Crippen MR) is 111 cm³/mol. The second-order valence-electron chi connectivity index (χ2n) is 8.04. The number of aliphatic imine (C=N–C) groups is 1. The fourth-order valence-corrected chi connectivity index (χ4v) is 4.19. The highest BCUT2D eigenvalue weighted by atomic mass is 32.2. The van der Waals surface area contributed by atoms with E-state index < -0.39 is 34.8 Å². The van der Waals surface area contributed by atoms with Crippen LogP contribution < -0.4 is 16.4 Å². The summed E-state index contributed by atoms with van der Waals surface area (Å²) in [6.07, 6.45) is 2.25. The van der Waals surface area contributed by atoms with Crippen LogP contribution in [0, 0.1) is 0 Å². The summed E-state index contributed by atoms with van der Waals surface area (Å²) in [4.78, 5) is 6.11. The highest BCUT2D eigenvalue weighted by Crippen LogP contribution is 2.23. The normalized spacial score (nSPS) is 27.2. The molecule has 3 atom stereocenters. The molecule has 0 aliphatic carbocycles. The number of sulfone groups is 1. The van der Waals surface area contributed by atoms with Gasteiger partial charge in [0.25, 0.3) is 6.43 Å². The lowest BCUT2D eigenvalue weighted by Crippen LogP contribution is -2.54. The maximum absolute atomic E-state index is 14.0. The number of hydrogen-bond donors (Lipinski definition) is 3. The van der Waals surface area contributed by atoms with E-state index in [2.05, 4.69) is 20.7 Å². The van der Waals surface area contributed by atoms with Gasteiger partial charge in [-0.2, -0.15) is 5.10 Å². The van der Waals surface area contributed by atoms with Gasteiger partial charge in [0.15, 0.2) is 0 Å². The summed E-state index contributed by atoms with van der Waals surface area (Å²) in [6.45, 7) is 2.10. The van der Waals surface area contributed by atoms with Gasteiger partial charge in [-0.05, 0) is 13.3 Å². The van der Waals surface area contributed by atoms with Crippen LogP contribution in [0.3, 0.4) is 0 Å². The van der Waals surface area contributed by atoms with Gasteiger partial charge in [-0.1, -0.05) is 0 Å². The van der Waals surface area contributed by atoms with E-state index >= 15 is 0 Å². The van der Waals surface area contributed by atoms with Gasteiger partial charge in [0, 0.05) is 49.9 Å². The van der Waals surface area contributed by atoms with Gasteiger partial charge in [-0.3, -0.25) is 15.3 Å². The summed E-state index contributed by atoms with van der Waals surface area (Å²) >= 11 is 0. The zero-order valence-electron chi connectivity index (χ0n) is 17.4. The third-order valence-corrected chi connectivity index (χ3v) is 6.23. The topological polar surface area (TPSA) is 118 Å². The molecule has 0 aromatic carbocycles. The number of likely N-dealkylation sites (tertiary alicyclic amines) is 1. The molecule has 1 fully saturated rings. The van der Waals surface area contributed by atoms with Gasteiger partial charge in [-0.15, -0.1) is 0 Å². The minimum Gasteiger partial charge on any atom is -0.370 e. The first kappa shape index (κ1) is 23.5. The Labute approximate surface area is 179 Å². The minimum absolute atomic E-state index is 0.0304. The molecular formula is C18H28F3N7O2S. The molecule has 1 aromatic rings. The molecule has 31 heavy (non-hydrogen) atoms.